The quantitative estimate of drug-likeness (QED) is 0.698. The fraction of sp³-hybridized carbons (Fsp3) is 0.600. The van der Waals surface area contributed by atoms with Crippen molar-refractivity contribution in [1.82, 2.24) is 19.6 Å². The fourth-order valence-electron chi connectivity index (χ4n) is 4.03. The Bertz CT molecular complexity index is 763. The van der Waals surface area contributed by atoms with Crippen LogP contribution in [0.5, 0.6) is 0 Å². The van der Waals surface area contributed by atoms with Gasteiger partial charge in [-0.25, -0.2) is 0 Å². The number of aryl methyl sites for hydroxylation is 1. The first kappa shape index (κ1) is 18.3. The molecule has 1 fully saturated rings. The molecule has 0 N–H and O–H groups in total. The number of fused-ring (bicyclic) bond motifs is 1. The second-order valence-corrected chi connectivity index (χ2v) is 7.53. The topological polar surface area (TPSA) is 63.7 Å². The van der Waals surface area contributed by atoms with E-state index in [9.17, 15) is 4.79 Å². The normalized spacial score (nSPS) is 20.2. The summed E-state index contributed by atoms with van der Waals surface area (Å²) in [6.07, 6.45) is 4.93. The highest BCUT2D eigenvalue weighted by Crippen LogP contribution is 2.24. The summed E-state index contributed by atoms with van der Waals surface area (Å²) in [5, 5.41) is 4.50. The molecule has 2 aromatic rings. The van der Waals surface area contributed by atoms with Crippen LogP contribution in [-0.2, 0) is 22.6 Å². The van der Waals surface area contributed by atoms with Crippen molar-refractivity contribution in [1.29, 1.82) is 0 Å². The Morgan fingerprint density at radius 3 is 2.93 bits per heavy atom. The van der Waals surface area contributed by atoms with Gasteiger partial charge in [0.25, 0.3) is 0 Å². The third kappa shape index (κ3) is 4.42. The second-order valence-electron chi connectivity index (χ2n) is 7.53. The number of ether oxygens (including phenoxy) is 1. The first-order chi connectivity index (χ1) is 13.2. The highest BCUT2D eigenvalue weighted by Gasteiger charge is 2.26. The lowest BCUT2D eigenvalue weighted by Crippen LogP contribution is -2.38. The van der Waals surface area contributed by atoms with Gasteiger partial charge in [-0.2, -0.15) is 5.10 Å². The first-order valence-electron chi connectivity index (χ1n) is 9.84. The van der Waals surface area contributed by atoms with Gasteiger partial charge in [-0.05, 0) is 44.4 Å². The molecule has 0 aliphatic carbocycles. The van der Waals surface area contributed by atoms with Crippen LogP contribution < -0.4 is 0 Å². The van der Waals surface area contributed by atoms with Crippen LogP contribution in [0.3, 0.4) is 0 Å². The van der Waals surface area contributed by atoms with Crippen molar-refractivity contribution in [3.63, 3.8) is 0 Å². The maximum absolute atomic E-state index is 12.1. The molecule has 4 rings (SSSR count). The molecule has 146 valence electrons. The molecule has 2 aliphatic rings. The van der Waals surface area contributed by atoms with Crippen molar-refractivity contribution >= 4 is 5.91 Å². The summed E-state index contributed by atoms with van der Waals surface area (Å²) >= 11 is 0. The number of carbonyl (C=O) groups is 1. The number of hydrogen-bond acceptors (Lipinski definition) is 5. The number of hydrogen-bond donors (Lipinski definition) is 0. The monoisotopic (exact) mass is 372 g/mol. The molecule has 0 bridgehead atoms. The molecule has 1 amide bonds. The lowest BCUT2D eigenvalue weighted by atomic mass is 10.1. The van der Waals surface area contributed by atoms with Gasteiger partial charge in [-0.3, -0.25) is 14.4 Å². The SMILES string of the molecule is Cc1ccc(CN2Cc3ccnn3C(CCOCC(=O)N3CCCC3)C2)o1. The zero-order valence-corrected chi connectivity index (χ0v) is 16.0. The van der Waals surface area contributed by atoms with E-state index in [-0.39, 0.29) is 18.6 Å². The maximum Gasteiger partial charge on any atom is 0.248 e. The smallest absolute Gasteiger partial charge is 0.248 e. The van der Waals surface area contributed by atoms with Crippen molar-refractivity contribution < 1.29 is 13.9 Å². The van der Waals surface area contributed by atoms with Crippen LogP contribution >= 0.6 is 0 Å². The van der Waals surface area contributed by atoms with Crippen molar-refractivity contribution in [2.24, 2.45) is 0 Å². The van der Waals surface area contributed by atoms with E-state index in [0.717, 1.165) is 63.5 Å². The number of amides is 1. The molecule has 7 nitrogen and oxygen atoms in total. The predicted octanol–water partition coefficient (Wildman–Crippen LogP) is 2.37. The van der Waals surface area contributed by atoms with Crippen molar-refractivity contribution in [3.05, 3.63) is 41.6 Å². The largest absolute Gasteiger partial charge is 0.465 e. The number of carbonyl (C=O) groups excluding carboxylic acids is 1. The summed E-state index contributed by atoms with van der Waals surface area (Å²) in [5.41, 5.74) is 1.21. The van der Waals surface area contributed by atoms with Crippen LogP contribution in [0.25, 0.3) is 0 Å². The summed E-state index contributed by atoms with van der Waals surface area (Å²) in [6, 6.07) is 6.38. The Kier molecular flexibility index (Phi) is 5.59. The maximum atomic E-state index is 12.1. The van der Waals surface area contributed by atoms with Crippen LogP contribution in [0.15, 0.2) is 28.8 Å². The molecule has 0 saturated carbocycles. The third-order valence-corrected chi connectivity index (χ3v) is 5.41. The van der Waals surface area contributed by atoms with Gasteiger partial charge in [0, 0.05) is 39.0 Å². The molecule has 1 atom stereocenters. The third-order valence-electron chi connectivity index (χ3n) is 5.41. The molecule has 0 aromatic carbocycles. The van der Waals surface area contributed by atoms with Crippen LogP contribution in [0.4, 0.5) is 0 Å². The van der Waals surface area contributed by atoms with Gasteiger partial charge in [0.05, 0.1) is 18.3 Å². The summed E-state index contributed by atoms with van der Waals surface area (Å²) < 4.78 is 13.5. The Labute approximate surface area is 159 Å². The number of nitrogens with zero attached hydrogens (tertiary/aromatic N) is 4. The molecular weight excluding hydrogens is 344 g/mol. The molecule has 0 radical (unpaired) electrons. The van der Waals surface area contributed by atoms with E-state index in [1.807, 2.05) is 30.2 Å². The Hall–Kier alpha value is -2.12. The summed E-state index contributed by atoms with van der Waals surface area (Å²) in [5.74, 6) is 2.05. The number of rotatable bonds is 7. The van der Waals surface area contributed by atoms with Crippen LogP contribution in [-0.4, -0.2) is 58.3 Å². The molecule has 1 unspecified atom stereocenters. The van der Waals surface area contributed by atoms with Crippen molar-refractivity contribution in [3.8, 4) is 0 Å². The number of likely N-dealkylation sites (tertiary alicyclic amines) is 1. The molecule has 27 heavy (non-hydrogen) atoms. The lowest BCUT2D eigenvalue weighted by Gasteiger charge is -2.33. The summed E-state index contributed by atoms with van der Waals surface area (Å²) in [7, 11) is 0. The van der Waals surface area contributed by atoms with E-state index in [1.54, 1.807) is 0 Å². The average Bonchev–Trinajstić information content (AvgIpc) is 3.40. The van der Waals surface area contributed by atoms with Crippen molar-refractivity contribution in [2.45, 2.75) is 45.3 Å². The van der Waals surface area contributed by atoms with Crippen LogP contribution in [0, 0.1) is 6.92 Å². The van der Waals surface area contributed by atoms with E-state index >= 15 is 0 Å². The Morgan fingerprint density at radius 1 is 1.30 bits per heavy atom. The second kappa shape index (κ2) is 8.27. The highest BCUT2D eigenvalue weighted by molar-refractivity contribution is 5.77. The average molecular weight is 372 g/mol. The molecular formula is C20H28N4O3. The molecule has 2 aliphatic heterocycles. The van der Waals surface area contributed by atoms with Gasteiger partial charge in [0.2, 0.25) is 5.91 Å². The lowest BCUT2D eigenvalue weighted by molar-refractivity contribution is -0.135. The zero-order chi connectivity index (χ0) is 18.6. The molecule has 0 spiro atoms. The zero-order valence-electron chi connectivity index (χ0n) is 16.0. The molecule has 4 heterocycles. The fourth-order valence-corrected chi connectivity index (χ4v) is 4.03. The molecule has 7 heteroatoms. The van der Waals surface area contributed by atoms with Gasteiger partial charge in [-0.1, -0.05) is 0 Å². The van der Waals surface area contributed by atoms with Gasteiger partial charge >= 0.3 is 0 Å². The minimum atomic E-state index is 0.116. The summed E-state index contributed by atoms with van der Waals surface area (Å²) in [4.78, 5) is 16.4. The summed E-state index contributed by atoms with van der Waals surface area (Å²) in [6.45, 7) is 7.04. The van der Waals surface area contributed by atoms with Gasteiger partial charge in [0.15, 0.2) is 0 Å². The standard InChI is InChI=1S/C20H28N4O3/c1-16-4-5-19(27-16)14-22-12-17-6-8-21-24(17)18(13-22)7-11-26-15-20(25)23-9-2-3-10-23/h4-6,8,18H,2-3,7,9-15H2,1H3. The molecule has 2 aromatic heterocycles. The van der Waals surface area contributed by atoms with Gasteiger partial charge in [0.1, 0.15) is 18.1 Å². The predicted molar refractivity (Wildman–Crippen MR) is 100 cm³/mol. The highest BCUT2D eigenvalue weighted by atomic mass is 16.5. The van der Waals surface area contributed by atoms with E-state index in [0.29, 0.717) is 6.61 Å². The minimum absolute atomic E-state index is 0.116. The Balaban J connectivity index is 1.29. The van der Waals surface area contributed by atoms with E-state index in [1.165, 1.54) is 5.69 Å². The molecule has 1 saturated heterocycles. The van der Waals surface area contributed by atoms with Crippen LogP contribution in [0.1, 0.15) is 42.5 Å². The van der Waals surface area contributed by atoms with Crippen LogP contribution in [0.2, 0.25) is 0 Å². The van der Waals surface area contributed by atoms with Gasteiger partial charge in [-0.15, -0.1) is 0 Å². The number of aromatic nitrogens is 2. The number of furan rings is 1. The van der Waals surface area contributed by atoms with Gasteiger partial charge < -0.3 is 14.1 Å². The minimum Gasteiger partial charge on any atom is -0.465 e. The van der Waals surface area contributed by atoms with E-state index in [2.05, 4.69) is 20.7 Å². The van der Waals surface area contributed by atoms with E-state index in [4.69, 9.17) is 9.15 Å². The van der Waals surface area contributed by atoms with Crippen molar-refractivity contribution in [2.75, 3.05) is 32.8 Å². The first-order valence-corrected chi connectivity index (χ1v) is 9.84. The Morgan fingerprint density at radius 2 is 2.15 bits per heavy atom. The van der Waals surface area contributed by atoms with E-state index < -0.39 is 0 Å².